The van der Waals surface area contributed by atoms with E-state index in [4.69, 9.17) is 4.74 Å². The van der Waals surface area contributed by atoms with Crippen LogP contribution in [-0.2, 0) is 9.53 Å². The van der Waals surface area contributed by atoms with Crippen LogP contribution in [0.1, 0.15) is 25.6 Å². The molecule has 0 spiro atoms. The lowest BCUT2D eigenvalue weighted by Crippen LogP contribution is -2.23. The number of carbonyl (C=O) groups excluding carboxylic acids is 1. The van der Waals surface area contributed by atoms with E-state index in [9.17, 15) is 4.79 Å². The van der Waals surface area contributed by atoms with Gasteiger partial charge in [0, 0.05) is 13.1 Å². The second kappa shape index (κ2) is 6.31. The number of nitrogens with one attached hydrogen (secondary N) is 1. The summed E-state index contributed by atoms with van der Waals surface area (Å²) in [6.07, 6.45) is 2.33. The molecule has 0 aliphatic carbocycles. The quantitative estimate of drug-likeness (QED) is 0.787. The number of hydrogen-bond donors (Lipinski definition) is 1. The van der Waals surface area contributed by atoms with Gasteiger partial charge < -0.3 is 15.0 Å². The van der Waals surface area contributed by atoms with Gasteiger partial charge in [-0.2, -0.15) is 15.0 Å². The van der Waals surface area contributed by atoms with Crippen LogP contribution >= 0.6 is 0 Å². The predicted octanol–water partition coefficient (Wildman–Crippen LogP) is 0.755. The molecule has 1 N–H and O–H groups in total. The van der Waals surface area contributed by atoms with Crippen molar-refractivity contribution in [3.05, 3.63) is 5.82 Å². The Bertz CT molecular complexity index is 446. The first-order valence-corrected chi connectivity index (χ1v) is 6.56. The molecular formula is C12H19N5O2. The van der Waals surface area contributed by atoms with Crippen molar-refractivity contribution in [2.45, 2.75) is 26.7 Å². The van der Waals surface area contributed by atoms with Crippen LogP contribution in [0, 0.1) is 6.92 Å². The minimum atomic E-state index is -0.316. The number of anilines is 2. The Kier molecular flexibility index (Phi) is 4.48. The smallest absolute Gasteiger partial charge is 0.325 e. The molecule has 0 saturated carbocycles. The molecule has 7 heteroatoms. The number of ether oxygens (including phenoxy) is 1. The largest absolute Gasteiger partial charge is 0.465 e. The molecule has 7 nitrogen and oxygen atoms in total. The van der Waals surface area contributed by atoms with E-state index in [0.29, 0.717) is 24.3 Å². The molecule has 0 radical (unpaired) electrons. The number of aromatic nitrogens is 3. The first kappa shape index (κ1) is 13.5. The van der Waals surface area contributed by atoms with E-state index in [1.165, 1.54) is 0 Å². The Labute approximate surface area is 112 Å². The first-order chi connectivity index (χ1) is 9.19. The molecule has 1 aliphatic rings. The molecule has 0 aromatic carbocycles. The van der Waals surface area contributed by atoms with Crippen LogP contribution in [-0.4, -0.2) is 47.2 Å². The Morgan fingerprint density at radius 2 is 2.05 bits per heavy atom. The van der Waals surface area contributed by atoms with Gasteiger partial charge in [0.1, 0.15) is 12.4 Å². The van der Waals surface area contributed by atoms with Gasteiger partial charge in [-0.1, -0.05) is 0 Å². The summed E-state index contributed by atoms with van der Waals surface area (Å²) in [5.74, 6) is 1.42. The van der Waals surface area contributed by atoms with Crippen molar-refractivity contribution in [1.82, 2.24) is 15.0 Å². The van der Waals surface area contributed by atoms with Crippen LogP contribution < -0.4 is 10.2 Å². The Morgan fingerprint density at radius 1 is 1.32 bits per heavy atom. The van der Waals surface area contributed by atoms with E-state index in [1.54, 1.807) is 6.92 Å². The highest BCUT2D eigenvalue weighted by atomic mass is 16.5. The van der Waals surface area contributed by atoms with E-state index >= 15 is 0 Å². The zero-order chi connectivity index (χ0) is 13.7. The fraction of sp³-hybridized carbons (Fsp3) is 0.667. The van der Waals surface area contributed by atoms with E-state index < -0.39 is 0 Å². The summed E-state index contributed by atoms with van der Waals surface area (Å²) in [5, 5.41) is 2.87. The van der Waals surface area contributed by atoms with Gasteiger partial charge in [-0.25, -0.2) is 0 Å². The standard InChI is InChI=1S/C12H19N5O2/c1-3-19-10(18)8-13-11-14-9(2)15-12(16-11)17-6-4-5-7-17/h3-8H2,1-2H3,(H,13,14,15,16). The highest BCUT2D eigenvalue weighted by Gasteiger charge is 2.16. The molecule has 0 bridgehead atoms. The fourth-order valence-electron chi connectivity index (χ4n) is 1.97. The van der Waals surface area contributed by atoms with Crippen LogP contribution in [0.15, 0.2) is 0 Å². The van der Waals surface area contributed by atoms with Gasteiger partial charge >= 0.3 is 5.97 Å². The molecule has 2 rings (SSSR count). The molecule has 1 aromatic rings. The summed E-state index contributed by atoms with van der Waals surface area (Å²) in [4.78, 5) is 26.2. The lowest BCUT2D eigenvalue weighted by Gasteiger charge is -2.16. The molecule has 0 atom stereocenters. The summed E-state index contributed by atoms with van der Waals surface area (Å²) >= 11 is 0. The van der Waals surface area contributed by atoms with Crippen molar-refractivity contribution in [2.75, 3.05) is 36.5 Å². The minimum Gasteiger partial charge on any atom is -0.465 e. The number of aryl methyl sites for hydroxylation is 1. The topological polar surface area (TPSA) is 80.2 Å². The molecule has 0 unspecified atom stereocenters. The minimum absolute atomic E-state index is 0.0662. The number of nitrogens with zero attached hydrogens (tertiary/aromatic N) is 4. The summed E-state index contributed by atoms with van der Waals surface area (Å²) in [6, 6.07) is 0. The zero-order valence-corrected chi connectivity index (χ0v) is 11.3. The maximum absolute atomic E-state index is 11.3. The average molecular weight is 265 g/mol. The van der Waals surface area contributed by atoms with Crippen molar-refractivity contribution in [3.8, 4) is 0 Å². The van der Waals surface area contributed by atoms with Crippen LogP contribution in [0.3, 0.4) is 0 Å². The molecular weight excluding hydrogens is 246 g/mol. The Hall–Kier alpha value is -1.92. The van der Waals surface area contributed by atoms with Gasteiger partial charge in [-0.05, 0) is 26.7 Å². The predicted molar refractivity (Wildman–Crippen MR) is 71.1 cm³/mol. The van der Waals surface area contributed by atoms with E-state index in [0.717, 1.165) is 25.9 Å². The highest BCUT2D eigenvalue weighted by molar-refractivity contribution is 5.74. The molecule has 1 aromatic heterocycles. The van der Waals surface area contributed by atoms with Crippen molar-refractivity contribution < 1.29 is 9.53 Å². The third kappa shape index (κ3) is 3.77. The number of carbonyl (C=O) groups is 1. The normalized spacial score (nSPS) is 14.5. The summed E-state index contributed by atoms with van der Waals surface area (Å²) in [7, 11) is 0. The molecule has 104 valence electrons. The van der Waals surface area contributed by atoms with Crippen molar-refractivity contribution in [3.63, 3.8) is 0 Å². The monoisotopic (exact) mass is 265 g/mol. The molecule has 1 aliphatic heterocycles. The summed E-state index contributed by atoms with van der Waals surface area (Å²) in [5.41, 5.74) is 0. The lowest BCUT2D eigenvalue weighted by atomic mass is 10.4. The fourth-order valence-corrected chi connectivity index (χ4v) is 1.97. The van der Waals surface area contributed by atoms with E-state index in [-0.39, 0.29) is 12.5 Å². The third-order valence-corrected chi connectivity index (χ3v) is 2.82. The lowest BCUT2D eigenvalue weighted by molar-refractivity contribution is -0.140. The maximum atomic E-state index is 11.3. The maximum Gasteiger partial charge on any atom is 0.325 e. The average Bonchev–Trinajstić information content (AvgIpc) is 2.90. The summed E-state index contributed by atoms with van der Waals surface area (Å²) in [6.45, 7) is 5.97. The van der Waals surface area contributed by atoms with Crippen molar-refractivity contribution in [2.24, 2.45) is 0 Å². The van der Waals surface area contributed by atoms with Crippen LogP contribution in [0.2, 0.25) is 0 Å². The first-order valence-electron chi connectivity index (χ1n) is 6.56. The number of hydrogen-bond acceptors (Lipinski definition) is 7. The molecule has 1 fully saturated rings. The molecule has 2 heterocycles. The van der Waals surface area contributed by atoms with Gasteiger partial charge in [-0.15, -0.1) is 0 Å². The van der Waals surface area contributed by atoms with Gasteiger partial charge in [0.15, 0.2) is 0 Å². The van der Waals surface area contributed by atoms with Crippen LogP contribution in [0.25, 0.3) is 0 Å². The molecule has 0 amide bonds. The van der Waals surface area contributed by atoms with Crippen LogP contribution in [0.5, 0.6) is 0 Å². The second-order valence-corrected chi connectivity index (χ2v) is 4.36. The highest BCUT2D eigenvalue weighted by Crippen LogP contribution is 2.16. The van der Waals surface area contributed by atoms with Gasteiger partial charge in [0.05, 0.1) is 6.61 Å². The zero-order valence-electron chi connectivity index (χ0n) is 11.3. The summed E-state index contributed by atoms with van der Waals surface area (Å²) < 4.78 is 4.84. The van der Waals surface area contributed by atoms with E-state index in [2.05, 4.69) is 25.2 Å². The van der Waals surface area contributed by atoms with Gasteiger partial charge in [0.25, 0.3) is 0 Å². The van der Waals surface area contributed by atoms with Crippen molar-refractivity contribution >= 4 is 17.9 Å². The van der Waals surface area contributed by atoms with Crippen molar-refractivity contribution in [1.29, 1.82) is 0 Å². The Balaban J connectivity index is 2.02. The van der Waals surface area contributed by atoms with Gasteiger partial charge in [0.2, 0.25) is 11.9 Å². The Morgan fingerprint density at radius 3 is 2.74 bits per heavy atom. The molecule has 19 heavy (non-hydrogen) atoms. The SMILES string of the molecule is CCOC(=O)CNc1nc(C)nc(N2CCCC2)n1. The molecule has 1 saturated heterocycles. The van der Waals surface area contributed by atoms with Crippen LogP contribution in [0.4, 0.5) is 11.9 Å². The van der Waals surface area contributed by atoms with Gasteiger partial charge in [-0.3, -0.25) is 4.79 Å². The second-order valence-electron chi connectivity index (χ2n) is 4.36. The van der Waals surface area contributed by atoms with E-state index in [1.807, 2.05) is 6.92 Å². The third-order valence-electron chi connectivity index (χ3n) is 2.82. The number of rotatable bonds is 5. The number of esters is 1.